The lowest BCUT2D eigenvalue weighted by molar-refractivity contribution is -0.125. The van der Waals surface area contributed by atoms with Crippen LogP contribution in [-0.2, 0) is 9.59 Å². The second-order valence-corrected chi connectivity index (χ2v) is 4.19. The van der Waals surface area contributed by atoms with Crippen molar-refractivity contribution in [3.63, 3.8) is 0 Å². The van der Waals surface area contributed by atoms with Gasteiger partial charge >= 0.3 is 0 Å². The van der Waals surface area contributed by atoms with Gasteiger partial charge in [-0.3, -0.25) is 9.59 Å². The van der Waals surface area contributed by atoms with Crippen molar-refractivity contribution in [2.24, 2.45) is 0 Å². The molecule has 1 unspecified atom stereocenters. The molecule has 1 aromatic carbocycles. The molecule has 0 spiro atoms. The zero-order valence-electron chi connectivity index (χ0n) is 9.78. The number of carbonyl (C=O) groups excluding carboxylic acids is 2. The van der Waals surface area contributed by atoms with Gasteiger partial charge in [-0.1, -0.05) is 43.7 Å². The Balaban J connectivity index is 2.68. The lowest BCUT2D eigenvalue weighted by Crippen LogP contribution is -2.31. The predicted octanol–water partition coefficient (Wildman–Crippen LogP) is 2.80. The molecule has 1 rings (SSSR count). The number of benzene rings is 1. The number of halogens is 1. The summed E-state index contributed by atoms with van der Waals surface area (Å²) in [5.41, 5.74) is 0.706. The van der Waals surface area contributed by atoms with E-state index in [9.17, 15) is 9.59 Å². The summed E-state index contributed by atoms with van der Waals surface area (Å²) in [5.74, 6) is -0.144. The Kier molecular flexibility index (Phi) is 5.70. The van der Waals surface area contributed by atoms with E-state index in [1.165, 1.54) is 0 Å². The molecule has 0 saturated carbocycles. The van der Waals surface area contributed by atoms with Gasteiger partial charge in [-0.25, -0.2) is 0 Å². The van der Waals surface area contributed by atoms with E-state index in [0.717, 1.165) is 12.8 Å². The molecule has 0 saturated heterocycles. The van der Waals surface area contributed by atoms with Crippen molar-refractivity contribution >= 4 is 22.8 Å². The van der Waals surface area contributed by atoms with E-state index < -0.39 is 11.3 Å². The Morgan fingerprint density at radius 1 is 1.29 bits per heavy atom. The average molecular weight is 254 g/mol. The largest absolute Gasteiger partial charge is 0.341 e. The highest BCUT2D eigenvalue weighted by Gasteiger charge is 2.20. The van der Waals surface area contributed by atoms with Crippen molar-refractivity contribution in [3.05, 3.63) is 35.9 Å². The fourth-order valence-corrected chi connectivity index (χ4v) is 1.67. The van der Waals surface area contributed by atoms with Gasteiger partial charge in [0.2, 0.25) is 11.1 Å². The summed E-state index contributed by atoms with van der Waals surface area (Å²) in [4.78, 5) is 22.9. The van der Waals surface area contributed by atoms with Crippen LogP contribution in [0.25, 0.3) is 0 Å². The zero-order valence-corrected chi connectivity index (χ0v) is 10.5. The molecule has 0 aliphatic rings. The molecule has 3 nitrogen and oxygen atoms in total. The first-order valence-electron chi connectivity index (χ1n) is 5.68. The first-order chi connectivity index (χ1) is 8.15. The van der Waals surface area contributed by atoms with Crippen molar-refractivity contribution in [3.8, 4) is 0 Å². The number of amides is 1. The molecule has 1 amide bonds. The first-order valence-corrected chi connectivity index (χ1v) is 6.06. The van der Waals surface area contributed by atoms with Gasteiger partial charge in [0.25, 0.3) is 0 Å². The topological polar surface area (TPSA) is 46.2 Å². The van der Waals surface area contributed by atoms with E-state index in [2.05, 4.69) is 5.32 Å². The van der Waals surface area contributed by atoms with Gasteiger partial charge in [0.15, 0.2) is 0 Å². The van der Waals surface area contributed by atoms with E-state index in [-0.39, 0.29) is 5.91 Å². The number of carbonyl (C=O) groups is 2. The van der Waals surface area contributed by atoms with Crippen LogP contribution < -0.4 is 5.32 Å². The molecule has 0 heterocycles. The molecule has 1 N–H and O–H groups in total. The third-order valence-corrected chi connectivity index (χ3v) is 2.64. The fourth-order valence-electron chi connectivity index (χ4n) is 1.49. The maximum absolute atomic E-state index is 11.6. The Morgan fingerprint density at radius 3 is 2.47 bits per heavy atom. The maximum Gasteiger partial charge on any atom is 0.248 e. The molecule has 92 valence electrons. The summed E-state index contributed by atoms with van der Waals surface area (Å²) in [6.45, 7) is 2.01. The third kappa shape index (κ3) is 4.57. The Labute approximate surface area is 106 Å². The molecule has 0 aliphatic heterocycles. The minimum atomic E-state index is -0.748. The Hall–Kier alpha value is -1.35. The van der Waals surface area contributed by atoms with Crippen molar-refractivity contribution in [1.29, 1.82) is 0 Å². The lowest BCUT2D eigenvalue weighted by Gasteiger charge is -2.14. The van der Waals surface area contributed by atoms with Crippen LogP contribution in [-0.4, -0.2) is 11.1 Å². The lowest BCUT2D eigenvalue weighted by atomic mass is 10.1. The molecular weight excluding hydrogens is 238 g/mol. The highest BCUT2D eigenvalue weighted by molar-refractivity contribution is 6.64. The molecular formula is C13H16ClNO2. The van der Waals surface area contributed by atoms with E-state index in [1.807, 2.05) is 13.0 Å². The number of rotatable bonds is 6. The predicted molar refractivity (Wildman–Crippen MR) is 67.7 cm³/mol. The van der Waals surface area contributed by atoms with Crippen LogP contribution >= 0.6 is 11.6 Å². The zero-order chi connectivity index (χ0) is 12.7. The van der Waals surface area contributed by atoms with Gasteiger partial charge in [-0.2, -0.15) is 0 Å². The van der Waals surface area contributed by atoms with Crippen LogP contribution in [0.3, 0.4) is 0 Å². The molecule has 0 aromatic heterocycles. The standard InChI is InChI=1S/C13H16ClNO2/c1-2-3-9-11(16)15-12(13(14)17)10-7-5-4-6-8-10/h4-8,12H,2-3,9H2,1H3,(H,15,16). The number of unbranched alkanes of at least 4 members (excludes halogenated alkanes) is 1. The number of hydrogen-bond donors (Lipinski definition) is 1. The SMILES string of the molecule is CCCCC(=O)NC(C(=O)Cl)c1ccccc1. The van der Waals surface area contributed by atoms with Crippen LogP contribution in [0.4, 0.5) is 0 Å². The molecule has 17 heavy (non-hydrogen) atoms. The first kappa shape index (κ1) is 13.7. The van der Waals surface area contributed by atoms with E-state index in [1.54, 1.807) is 24.3 Å². The van der Waals surface area contributed by atoms with E-state index >= 15 is 0 Å². The highest BCUT2D eigenvalue weighted by atomic mass is 35.5. The highest BCUT2D eigenvalue weighted by Crippen LogP contribution is 2.15. The van der Waals surface area contributed by atoms with Crippen LogP contribution in [0, 0.1) is 0 Å². The van der Waals surface area contributed by atoms with Gasteiger partial charge in [0.05, 0.1) is 0 Å². The second kappa shape index (κ2) is 7.07. The molecule has 4 heteroatoms. The molecule has 0 radical (unpaired) electrons. The monoisotopic (exact) mass is 253 g/mol. The van der Waals surface area contributed by atoms with Crippen LogP contribution in [0.1, 0.15) is 37.8 Å². The summed E-state index contributed by atoms with van der Waals surface area (Å²) < 4.78 is 0. The average Bonchev–Trinajstić information content (AvgIpc) is 2.34. The molecule has 0 aliphatic carbocycles. The molecule has 0 bridgehead atoms. The van der Waals surface area contributed by atoms with Crippen LogP contribution in [0.15, 0.2) is 30.3 Å². The van der Waals surface area contributed by atoms with Crippen LogP contribution in [0.2, 0.25) is 0 Å². The quantitative estimate of drug-likeness (QED) is 0.793. The Morgan fingerprint density at radius 2 is 1.94 bits per heavy atom. The van der Waals surface area contributed by atoms with Crippen molar-refractivity contribution in [2.75, 3.05) is 0 Å². The summed E-state index contributed by atoms with van der Waals surface area (Å²) in [6.07, 6.45) is 2.17. The normalized spacial score (nSPS) is 11.9. The number of hydrogen-bond acceptors (Lipinski definition) is 2. The second-order valence-electron chi connectivity index (χ2n) is 3.82. The van der Waals surface area contributed by atoms with Gasteiger partial charge in [0, 0.05) is 6.42 Å². The smallest absolute Gasteiger partial charge is 0.248 e. The van der Waals surface area contributed by atoms with Gasteiger partial charge in [-0.15, -0.1) is 0 Å². The van der Waals surface area contributed by atoms with Crippen molar-refractivity contribution < 1.29 is 9.59 Å². The third-order valence-electron chi connectivity index (χ3n) is 2.42. The van der Waals surface area contributed by atoms with Gasteiger partial charge < -0.3 is 5.32 Å². The summed E-state index contributed by atoms with van der Waals surface area (Å²) >= 11 is 5.50. The number of nitrogens with one attached hydrogen (secondary N) is 1. The van der Waals surface area contributed by atoms with E-state index in [4.69, 9.17) is 11.6 Å². The summed E-state index contributed by atoms with van der Waals surface area (Å²) in [7, 11) is 0. The minimum absolute atomic E-state index is 0.144. The van der Waals surface area contributed by atoms with Crippen LogP contribution in [0.5, 0.6) is 0 Å². The van der Waals surface area contributed by atoms with Crippen molar-refractivity contribution in [2.45, 2.75) is 32.2 Å². The Bertz CT molecular complexity index is 378. The molecule has 1 atom stereocenters. The maximum atomic E-state index is 11.6. The fraction of sp³-hybridized carbons (Fsp3) is 0.385. The minimum Gasteiger partial charge on any atom is -0.341 e. The summed E-state index contributed by atoms with van der Waals surface area (Å²) in [5, 5.41) is 2.08. The van der Waals surface area contributed by atoms with Gasteiger partial charge in [-0.05, 0) is 23.6 Å². The van der Waals surface area contributed by atoms with Gasteiger partial charge in [0.1, 0.15) is 6.04 Å². The molecule has 1 aromatic rings. The molecule has 0 fully saturated rings. The van der Waals surface area contributed by atoms with E-state index in [0.29, 0.717) is 12.0 Å². The summed E-state index contributed by atoms with van der Waals surface area (Å²) in [6, 6.07) is 8.25. The van der Waals surface area contributed by atoms with Crippen molar-refractivity contribution in [1.82, 2.24) is 5.32 Å².